The summed E-state index contributed by atoms with van der Waals surface area (Å²) in [6.07, 6.45) is 2.96. The number of hydrogen-bond acceptors (Lipinski definition) is 2. The molecule has 0 aromatic heterocycles. The van der Waals surface area contributed by atoms with Gasteiger partial charge in [-0.15, -0.1) is 0 Å². The maximum Gasteiger partial charge on any atom is 0.0594 e. The van der Waals surface area contributed by atoms with Gasteiger partial charge in [-0.2, -0.15) is 5.10 Å². The van der Waals surface area contributed by atoms with E-state index in [0.717, 1.165) is 23.7 Å². The van der Waals surface area contributed by atoms with Gasteiger partial charge in [-0.05, 0) is 24.3 Å². The monoisotopic (exact) mass is 180 g/mol. The number of anilines is 1. The zero-order valence-electron chi connectivity index (χ0n) is 6.57. The summed E-state index contributed by atoms with van der Waals surface area (Å²) in [6.45, 7) is 0.974. The van der Waals surface area contributed by atoms with Crippen LogP contribution in [0.5, 0.6) is 0 Å². The molecule has 1 heterocycles. The van der Waals surface area contributed by atoms with Gasteiger partial charge in [0.15, 0.2) is 0 Å². The molecule has 0 N–H and O–H groups in total. The number of hydrogen-bond donors (Lipinski definition) is 0. The summed E-state index contributed by atoms with van der Waals surface area (Å²) in [4.78, 5) is 0. The zero-order chi connectivity index (χ0) is 8.39. The van der Waals surface area contributed by atoms with E-state index in [-0.39, 0.29) is 0 Å². The van der Waals surface area contributed by atoms with Crippen LogP contribution in [0.3, 0.4) is 0 Å². The Hall–Kier alpha value is -1.02. The number of hydrazone groups is 1. The highest BCUT2D eigenvalue weighted by Crippen LogP contribution is 2.19. The molecule has 12 heavy (non-hydrogen) atoms. The molecule has 0 radical (unpaired) electrons. The van der Waals surface area contributed by atoms with Crippen LogP contribution in [0.15, 0.2) is 29.4 Å². The van der Waals surface area contributed by atoms with Crippen molar-refractivity contribution in [3.63, 3.8) is 0 Å². The van der Waals surface area contributed by atoms with Gasteiger partial charge in [0.05, 0.1) is 5.69 Å². The van der Waals surface area contributed by atoms with E-state index in [1.54, 1.807) is 0 Å². The van der Waals surface area contributed by atoms with Gasteiger partial charge in [0.2, 0.25) is 0 Å². The van der Waals surface area contributed by atoms with Crippen molar-refractivity contribution < 1.29 is 0 Å². The predicted octanol–water partition coefficient (Wildman–Crippen LogP) is 2.54. The van der Waals surface area contributed by atoms with Gasteiger partial charge in [-0.25, -0.2) is 0 Å². The molecule has 1 aromatic rings. The van der Waals surface area contributed by atoms with Crippen LogP contribution in [0.2, 0.25) is 5.02 Å². The molecule has 62 valence electrons. The summed E-state index contributed by atoms with van der Waals surface area (Å²) < 4.78 is 0. The number of nitrogens with zero attached hydrogens (tertiary/aromatic N) is 2. The molecular formula is C9H9ClN2. The van der Waals surface area contributed by atoms with E-state index >= 15 is 0 Å². The standard InChI is InChI=1S/C9H9ClN2/c10-8-2-4-9(5-3-8)12-7-1-6-11-12/h2-6H,1,7H2. The van der Waals surface area contributed by atoms with Gasteiger partial charge in [0.25, 0.3) is 0 Å². The molecule has 0 amide bonds. The van der Waals surface area contributed by atoms with E-state index < -0.39 is 0 Å². The third-order valence-electron chi connectivity index (χ3n) is 1.82. The molecule has 2 nitrogen and oxygen atoms in total. The lowest BCUT2D eigenvalue weighted by molar-refractivity contribution is 0.922. The fourth-order valence-corrected chi connectivity index (χ4v) is 1.33. The van der Waals surface area contributed by atoms with Crippen LogP contribution >= 0.6 is 11.6 Å². The van der Waals surface area contributed by atoms with Crippen LogP contribution in [0.25, 0.3) is 0 Å². The molecule has 1 aliphatic heterocycles. The van der Waals surface area contributed by atoms with Crippen molar-refractivity contribution in [3.8, 4) is 0 Å². The summed E-state index contributed by atoms with van der Waals surface area (Å²) in [6, 6.07) is 7.71. The van der Waals surface area contributed by atoms with Gasteiger partial charge < -0.3 is 0 Å². The second-order valence-electron chi connectivity index (χ2n) is 2.69. The fraction of sp³-hybridized carbons (Fsp3) is 0.222. The number of benzene rings is 1. The van der Waals surface area contributed by atoms with E-state index in [1.807, 2.05) is 35.5 Å². The largest absolute Gasteiger partial charge is 0.266 e. The van der Waals surface area contributed by atoms with Gasteiger partial charge >= 0.3 is 0 Å². The first-order valence-electron chi connectivity index (χ1n) is 3.92. The lowest BCUT2D eigenvalue weighted by Gasteiger charge is -2.12. The van der Waals surface area contributed by atoms with Crippen LogP contribution in [-0.2, 0) is 0 Å². The topological polar surface area (TPSA) is 15.6 Å². The Bertz CT molecular complexity index is 292. The molecule has 0 bridgehead atoms. The number of halogens is 1. The van der Waals surface area contributed by atoms with E-state index in [2.05, 4.69) is 5.10 Å². The fourth-order valence-electron chi connectivity index (χ4n) is 1.20. The Morgan fingerprint density at radius 3 is 2.58 bits per heavy atom. The van der Waals surface area contributed by atoms with Gasteiger partial charge in [-0.1, -0.05) is 11.6 Å². The summed E-state index contributed by atoms with van der Waals surface area (Å²) in [7, 11) is 0. The van der Waals surface area contributed by atoms with Crippen LogP contribution in [-0.4, -0.2) is 12.8 Å². The summed E-state index contributed by atoms with van der Waals surface area (Å²) >= 11 is 5.76. The molecule has 0 unspecified atom stereocenters. The predicted molar refractivity (Wildman–Crippen MR) is 51.9 cm³/mol. The third-order valence-corrected chi connectivity index (χ3v) is 2.07. The van der Waals surface area contributed by atoms with Crippen molar-refractivity contribution in [3.05, 3.63) is 29.3 Å². The average molecular weight is 181 g/mol. The summed E-state index contributed by atoms with van der Waals surface area (Å²) in [5.41, 5.74) is 1.10. The smallest absolute Gasteiger partial charge is 0.0594 e. The summed E-state index contributed by atoms with van der Waals surface area (Å²) in [5, 5.41) is 6.94. The molecule has 2 rings (SSSR count). The van der Waals surface area contributed by atoms with Crippen LogP contribution in [0, 0.1) is 0 Å². The molecule has 0 aliphatic carbocycles. The van der Waals surface area contributed by atoms with Crippen molar-refractivity contribution >= 4 is 23.5 Å². The lowest BCUT2D eigenvalue weighted by atomic mass is 10.3. The molecule has 3 heteroatoms. The molecular weight excluding hydrogens is 172 g/mol. The van der Waals surface area contributed by atoms with Crippen molar-refractivity contribution in [1.82, 2.24) is 0 Å². The van der Waals surface area contributed by atoms with Gasteiger partial charge in [0.1, 0.15) is 0 Å². The summed E-state index contributed by atoms with van der Waals surface area (Å²) in [5.74, 6) is 0. The Balaban J connectivity index is 2.23. The van der Waals surface area contributed by atoms with E-state index in [0.29, 0.717) is 0 Å². The average Bonchev–Trinajstić information content (AvgIpc) is 2.58. The minimum Gasteiger partial charge on any atom is -0.266 e. The third kappa shape index (κ3) is 1.43. The molecule has 0 atom stereocenters. The van der Waals surface area contributed by atoms with Gasteiger partial charge in [-0.3, -0.25) is 5.01 Å². The second-order valence-corrected chi connectivity index (χ2v) is 3.12. The van der Waals surface area contributed by atoms with E-state index in [1.165, 1.54) is 0 Å². The normalized spacial score (nSPS) is 15.6. The van der Waals surface area contributed by atoms with E-state index in [9.17, 15) is 0 Å². The highest BCUT2D eigenvalue weighted by atomic mass is 35.5. The first-order chi connectivity index (χ1) is 5.86. The first kappa shape index (κ1) is 7.62. The Kier molecular flexibility index (Phi) is 2.00. The van der Waals surface area contributed by atoms with E-state index in [4.69, 9.17) is 11.6 Å². The molecule has 1 aromatic carbocycles. The highest BCUT2D eigenvalue weighted by Gasteiger charge is 2.06. The van der Waals surface area contributed by atoms with Gasteiger partial charge in [0, 0.05) is 24.2 Å². The quantitative estimate of drug-likeness (QED) is 0.649. The maximum atomic E-state index is 5.76. The minimum atomic E-state index is 0.766. The molecule has 0 spiro atoms. The van der Waals surface area contributed by atoms with Crippen molar-refractivity contribution in [1.29, 1.82) is 0 Å². The second kappa shape index (κ2) is 3.15. The first-order valence-corrected chi connectivity index (χ1v) is 4.29. The molecule has 0 saturated carbocycles. The molecule has 0 fully saturated rings. The maximum absolute atomic E-state index is 5.76. The van der Waals surface area contributed by atoms with Crippen LogP contribution in [0.4, 0.5) is 5.69 Å². The number of rotatable bonds is 1. The Morgan fingerprint density at radius 2 is 2.00 bits per heavy atom. The van der Waals surface area contributed by atoms with Crippen LogP contribution < -0.4 is 5.01 Å². The van der Waals surface area contributed by atoms with Crippen molar-refractivity contribution in [2.75, 3.05) is 11.6 Å². The lowest BCUT2D eigenvalue weighted by Crippen LogP contribution is -2.11. The highest BCUT2D eigenvalue weighted by molar-refractivity contribution is 6.30. The SMILES string of the molecule is Clc1ccc(N2CCC=N2)cc1. The van der Waals surface area contributed by atoms with Crippen molar-refractivity contribution in [2.24, 2.45) is 5.10 Å². The van der Waals surface area contributed by atoms with Crippen LogP contribution in [0.1, 0.15) is 6.42 Å². The zero-order valence-corrected chi connectivity index (χ0v) is 7.33. The van der Waals surface area contributed by atoms with Crippen molar-refractivity contribution in [2.45, 2.75) is 6.42 Å². The Labute approximate surface area is 76.4 Å². The molecule has 0 saturated heterocycles. The molecule has 1 aliphatic rings. The minimum absolute atomic E-state index is 0.766. The Morgan fingerprint density at radius 1 is 1.25 bits per heavy atom.